The van der Waals surface area contributed by atoms with Crippen LogP contribution < -0.4 is 4.74 Å². The molecule has 0 aromatic heterocycles. The topological polar surface area (TPSA) is 46.5 Å². The number of hydrogen-bond acceptors (Lipinski definition) is 2. The quantitative estimate of drug-likeness (QED) is 0.560. The molecule has 1 atom stereocenters. The van der Waals surface area contributed by atoms with Crippen molar-refractivity contribution in [2.75, 3.05) is 7.11 Å². The molecule has 3 rings (SSSR count). The Balaban J connectivity index is 2.32. The fourth-order valence-electron chi connectivity index (χ4n) is 2.97. The Bertz CT molecular complexity index is 775. The minimum atomic E-state index is -2.16. The van der Waals surface area contributed by atoms with Crippen molar-refractivity contribution < 1.29 is 13.5 Å². The Morgan fingerprint density at radius 1 is 0.750 bits per heavy atom. The number of methoxy groups -OCH3 is 1. The maximum absolute atomic E-state index is 12.7. The summed E-state index contributed by atoms with van der Waals surface area (Å²) in [6.45, 7) is 0. The first kappa shape index (κ1) is 16.4. The monoisotopic (exact) mass is 338 g/mol. The van der Waals surface area contributed by atoms with Gasteiger partial charge in [-0.15, -0.1) is 0 Å². The van der Waals surface area contributed by atoms with Gasteiger partial charge in [-0.25, -0.2) is 4.21 Å². The standard InChI is InChI=1S/C20H18O3S/c1-23-19-14-12-18(13-15-19)20(24(21)22,16-8-4-2-5-9-16)17-10-6-3-7-11-17/h2-15H,1H3,(H,21,22). The Kier molecular flexibility index (Phi) is 4.79. The van der Waals surface area contributed by atoms with Crippen molar-refractivity contribution in [3.05, 3.63) is 102 Å². The smallest absolute Gasteiger partial charge is 0.173 e. The molecule has 0 bridgehead atoms. The van der Waals surface area contributed by atoms with E-state index in [9.17, 15) is 8.76 Å². The lowest BCUT2D eigenvalue weighted by atomic mass is 9.84. The van der Waals surface area contributed by atoms with Gasteiger partial charge in [0.15, 0.2) is 11.1 Å². The van der Waals surface area contributed by atoms with Crippen molar-refractivity contribution in [3.8, 4) is 5.75 Å². The molecular weight excluding hydrogens is 320 g/mol. The van der Waals surface area contributed by atoms with Gasteiger partial charge in [-0.3, -0.25) is 0 Å². The second kappa shape index (κ2) is 6.99. The lowest BCUT2D eigenvalue weighted by Crippen LogP contribution is -2.34. The first-order valence-corrected chi connectivity index (χ1v) is 8.67. The molecule has 0 fully saturated rings. The Hall–Kier alpha value is -2.43. The van der Waals surface area contributed by atoms with Gasteiger partial charge in [0.1, 0.15) is 10.5 Å². The van der Waals surface area contributed by atoms with Crippen LogP contribution in [0.25, 0.3) is 0 Å². The van der Waals surface area contributed by atoms with Gasteiger partial charge in [0.2, 0.25) is 0 Å². The summed E-state index contributed by atoms with van der Waals surface area (Å²) in [5.74, 6) is 0.706. The molecule has 24 heavy (non-hydrogen) atoms. The Morgan fingerprint density at radius 3 is 1.54 bits per heavy atom. The van der Waals surface area contributed by atoms with Gasteiger partial charge in [-0.2, -0.15) is 0 Å². The van der Waals surface area contributed by atoms with Crippen molar-refractivity contribution in [1.82, 2.24) is 0 Å². The minimum absolute atomic E-state index is 0.706. The minimum Gasteiger partial charge on any atom is -0.497 e. The molecule has 0 aliphatic carbocycles. The van der Waals surface area contributed by atoms with Gasteiger partial charge in [0, 0.05) is 0 Å². The van der Waals surface area contributed by atoms with E-state index >= 15 is 0 Å². The number of ether oxygens (including phenoxy) is 1. The van der Waals surface area contributed by atoms with E-state index in [0.717, 1.165) is 16.7 Å². The summed E-state index contributed by atoms with van der Waals surface area (Å²) < 4.78 is 27.1. The zero-order valence-electron chi connectivity index (χ0n) is 13.3. The molecule has 3 aromatic carbocycles. The van der Waals surface area contributed by atoms with Crippen LogP contribution in [0.15, 0.2) is 84.9 Å². The summed E-state index contributed by atoms with van der Waals surface area (Å²) in [6.07, 6.45) is 0. The van der Waals surface area contributed by atoms with Crippen molar-refractivity contribution >= 4 is 11.1 Å². The zero-order valence-corrected chi connectivity index (χ0v) is 14.1. The van der Waals surface area contributed by atoms with E-state index in [0.29, 0.717) is 5.75 Å². The van der Waals surface area contributed by atoms with Crippen LogP contribution in [0.5, 0.6) is 5.75 Å². The lowest BCUT2D eigenvalue weighted by molar-refractivity contribution is 0.414. The highest BCUT2D eigenvalue weighted by atomic mass is 32.2. The third kappa shape index (κ3) is 2.75. The SMILES string of the molecule is COc1ccc(C(c2ccccc2)(c2ccccc2)S(=O)O)cc1. The molecule has 3 nitrogen and oxygen atoms in total. The zero-order chi connectivity index (χ0) is 17.0. The van der Waals surface area contributed by atoms with E-state index in [-0.39, 0.29) is 0 Å². The van der Waals surface area contributed by atoms with E-state index in [2.05, 4.69) is 0 Å². The third-order valence-electron chi connectivity index (χ3n) is 4.12. The highest BCUT2D eigenvalue weighted by Crippen LogP contribution is 2.42. The predicted molar refractivity (Wildman–Crippen MR) is 96.5 cm³/mol. The first-order valence-electron chi connectivity index (χ1n) is 7.56. The summed E-state index contributed by atoms with van der Waals surface area (Å²) >= 11 is -2.16. The van der Waals surface area contributed by atoms with Crippen LogP contribution in [0.3, 0.4) is 0 Å². The second-order valence-electron chi connectivity index (χ2n) is 5.39. The van der Waals surface area contributed by atoms with Gasteiger partial charge < -0.3 is 9.29 Å². The number of benzene rings is 3. The Labute approximate surface area is 144 Å². The Morgan fingerprint density at radius 2 is 1.17 bits per heavy atom. The van der Waals surface area contributed by atoms with Crippen molar-refractivity contribution in [1.29, 1.82) is 0 Å². The molecule has 0 aliphatic heterocycles. The van der Waals surface area contributed by atoms with Gasteiger partial charge in [-0.1, -0.05) is 72.8 Å². The van der Waals surface area contributed by atoms with Crippen molar-refractivity contribution in [2.24, 2.45) is 0 Å². The maximum Gasteiger partial charge on any atom is 0.173 e. The molecule has 0 saturated carbocycles. The van der Waals surface area contributed by atoms with Crippen LogP contribution in [0.2, 0.25) is 0 Å². The van der Waals surface area contributed by atoms with Gasteiger partial charge in [0.25, 0.3) is 0 Å². The van der Waals surface area contributed by atoms with E-state index in [1.54, 1.807) is 7.11 Å². The highest BCUT2D eigenvalue weighted by Gasteiger charge is 2.42. The molecule has 0 radical (unpaired) electrons. The van der Waals surface area contributed by atoms with E-state index in [1.807, 2.05) is 84.9 Å². The van der Waals surface area contributed by atoms with Gasteiger partial charge in [-0.05, 0) is 28.8 Å². The normalized spacial score (nSPS) is 12.6. The predicted octanol–water partition coefficient (Wildman–Crippen LogP) is 4.21. The maximum atomic E-state index is 12.7. The summed E-state index contributed by atoms with van der Waals surface area (Å²) in [7, 11) is 1.60. The molecule has 4 heteroatoms. The van der Waals surface area contributed by atoms with Crippen LogP contribution in [0.1, 0.15) is 16.7 Å². The summed E-state index contributed by atoms with van der Waals surface area (Å²) in [4.78, 5) is 0. The van der Waals surface area contributed by atoms with Crippen LogP contribution in [0, 0.1) is 0 Å². The average molecular weight is 338 g/mol. The molecule has 0 spiro atoms. The van der Waals surface area contributed by atoms with Crippen LogP contribution in [0.4, 0.5) is 0 Å². The molecular formula is C20H18O3S. The molecule has 0 amide bonds. The van der Waals surface area contributed by atoms with Gasteiger partial charge in [0.05, 0.1) is 7.11 Å². The van der Waals surface area contributed by atoms with Crippen LogP contribution >= 0.6 is 0 Å². The highest BCUT2D eigenvalue weighted by molar-refractivity contribution is 7.80. The molecule has 1 N–H and O–H groups in total. The van der Waals surface area contributed by atoms with Crippen LogP contribution in [-0.4, -0.2) is 15.9 Å². The molecule has 1 unspecified atom stereocenters. The summed E-state index contributed by atoms with van der Waals surface area (Å²) in [6, 6.07) is 26.1. The molecule has 122 valence electrons. The molecule has 0 heterocycles. The third-order valence-corrected chi connectivity index (χ3v) is 5.35. The first-order chi connectivity index (χ1) is 11.7. The largest absolute Gasteiger partial charge is 0.497 e. The number of rotatable bonds is 5. The molecule has 3 aromatic rings. The van der Waals surface area contributed by atoms with Crippen molar-refractivity contribution in [3.63, 3.8) is 0 Å². The average Bonchev–Trinajstić information content (AvgIpc) is 2.64. The second-order valence-corrected chi connectivity index (χ2v) is 6.50. The van der Waals surface area contributed by atoms with E-state index < -0.39 is 15.8 Å². The number of hydrogen-bond donors (Lipinski definition) is 1. The van der Waals surface area contributed by atoms with Crippen molar-refractivity contribution in [2.45, 2.75) is 4.75 Å². The van der Waals surface area contributed by atoms with Crippen LogP contribution in [-0.2, 0) is 15.8 Å². The summed E-state index contributed by atoms with van der Waals surface area (Å²) in [5.41, 5.74) is 2.27. The summed E-state index contributed by atoms with van der Waals surface area (Å²) in [5, 5.41) is 0. The fraction of sp³-hybridized carbons (Fsp3) is 0.100. The fourth-order valence-corrected chi connectivity index (χ4v) is 3.99. The molecule has 0 aliphatic rings. The van der Waals surface area contributed by atoms with E-state index in [1.165, 1.54) is 0 Å². The van der Waals surface area contributed by atoms with E-state index in [4.69, 9.17) is 4.74 Å². The lowest BCUT2D eigenvalue weighted by Gasteiger charge is -2.32. The van der Waals surface area contributed by atoms with Gasteiger partial charge >= 0.3 is 0 Å². The molecule has 0 saturated heterocycles.